The van der Waals surface area contributed by atoms with E-state index in [4.69, 9.17) is 0 Å². The number of benzene rings is 8. The second kappa shape index (κ2) is 14.9. The average molecular weight is 908 g/mol. The first-order valence-corrected chi connectivity index (χ1v) is 26.2. The molecular weight excluding hydrogens is 846 g/mol. The van der Waals surface area contributed by atoms with Crippen LogP contribution in [0, 0.1) is 10.8 Å². The quantitative estimate of drug-likeness (QED) is 0.159. The molecule has 0 bridgehead atoms. The second-order valence-corrected chi connectivity index (χ2v) is 23.9. The van der Waals surface area contributed by atoms with Crippen molar-refractivity contribution in [2.75, 3.05) is 14.7 Å². The van der Waals surface area contributed by atoms with Crippen molar-refractivity contribution >= 4 is 68.6 Å². The van der Waals surface area contributed by atoms with E-state index in [1.807, 2.05) is 0 Å². The normalized spacial score (nSPS) is 21.6. The summed E-state index contributed by atoms with van der Waals surface area (Å²) in [6.07, 6.45) is 9.25. The molecule has 2 atom stereocenters. The molecule has 3 nitrogen and oxygen atoms in total. The Morgan fingerprint density at radius 3 is 1.64 bits per heavy atom. The van der Waals surface area contributed by atoms with E-state index in [1.54, 1.807) is 0 Å². The fourth-order valence-electron chi connectivity index (χ4n) is 14.8. The molecule has 8 aromatic carbocycles. The van der Waals surface area contributed by atoms with Crippen LogP contribution in [0.1, 0.15) is 95.0 Å². The third-order valence-corrected chi connectivity index (χ3v) is 18.1. The summed E-state index contributed by atoms with van der Waals surface area (Å²) in [4.78, 5) is 8.16. The molecule has 3 heterocycles. The third-order valence-electron chi connectivity index (χ3n) is 18.1. The lowest BCUT2D eigenvalue weighted by atomic mass is 9.33. The molecule has 3 aliphatic heterocycles. The SMILES string of the molecule is CC1(C)Cc2ccc(N3c4cc5c(cc4B4c6cc(-c7ccccc7)ccc6N(c6ccc(-c7ccccc7)cc6)c6cc(N7c8ccccc8C8(C)CCCCC78C)cc3c64)CC(C)(C)C5)cc2C1. The summed E-state index contributed by atoms with van der Waals surface area (Å²) < 4.78 is 0. The van der Waals surface area contributed by atoms with Crippen LogP contribution in [0.3, 0.4) is 0 Å². The van der Waals surface area contributed by atoms with E-state index in [-0.39, 0.29) is 28.5 Å². The van der Waals surface area contributed by atoms with Gasteiger partial charge in [0.25, 0.3) is 6.71 Å². The van der Waals surface area contributed by atoms with Crippen LogP contribution >= 0.6 is 0 Å². The standard InChI is InChI=1S/C66H62BN3/c1-63(2)39-47-25-29-52(33-48(47)40-63)69-59-36-50-42-64(3,4)41-49(50)35-56(59)67-55-34-46(44-19-11-8-12-20-44)26-30-58(55)68(51-27-23-45(24-28-51)43-17-9-7-10-18-43)60-37-53(38-61(69)62(60)67)70-57-22-14-13-21-54(57)65(5)31-15-16-32-66(65,70)6/h7-14,17-30,33-38H,15-16,31-32,39-42H2,1-6H3. The summed E-state index contributed by atoms with van der Waals surface area (Å²) >= 11 is 0. The van der Waals surface area contributed by atoms with E-state index in [0.29, 0.717) is 0 Å². The van der Waals surface area contributed by atoms with Crippen molar-refractivity contribution in [1.82, 2.24) is 0 Å². The van der Waals surface area contributed by atoms with E-state index < -0.39 is 0 Å². The highest BCUT2D eigenvalue weighted by Crippen LogP contribution is 2.62. The Balaban J connectivity index is 1.09. The van der Waals surface area contributed by atoms with E-state index in [1.165, 1.54) is 131 Å². The molecule has 0 aromatic heterocycles. The molecular formula is C66H62BN3. The highest BCUT2D eigenvalue weighted by atomic mass is 15.3. The van der Waals surface area contributed by atoms with Gasteiger partial charge in [0.05, 0.1) is 5.54 Å². The smallest absolute Gasteiger partial charge is 0.252 e. The summed E-state index contributed by atoms with van der Waals surface area (Å²) in [5.74, 6) is 0. The maximum absolute atomic E-state index is 2.81. The Hall–Kier alpha value is -6.78. The first-order chi connectivity index (χ1) is 33.9. The third kappa shape index (κ3) is 6.14. The van der Waals surface area contributed by atoms with Crippen molar-refractivity contribution in [3.8, 4) is 22.3 Å². The van der Waals surface area contributed by atoms with Gasteiger partial charge in [0, 0.05) is 50.9 Å². The molecule has 2 unspecified atom stereocenters. The topological polar surface area (TPSA) is 9.72 Å². The molecule has 8 aromatic rings. The molecule has 1 fully saturated rings. The van der Waals surface area contributed by atoms with Crippen LogP contribution in [-0.2, 0) is 31.1 Å². The molecule has 0 N–H and O–H groups in total. The number of hydrogen-bond donors (Lipinski definition) is 0. The van der Waals surface area contributed by atoms with Gasteiger partial charge in [-0.05, 0) is 177 Å². The zero-order chi connectivity index (χ0) is 47.3. The predicted molar refractivity (Wildman–Crippen MR) is 297 cm³/mol. The summed E-state index contributed by atoms with van der Waals surface area (Å²) in [5.41, 5.74) is 27.3. The van der Waals surface area contributed by atoms with Crippen LogP contribution in [0.15, 0.2) is 170 Å². The van der Waals surface area contributed by atoms with Gasteiger partial charge in [0.1, 0.15) is 0 Å². The molecule has 0 radical (unpaired) electrons. The van der Waals surface area contributed by atoms with Crippen molar-refractivity contribution in [1.29, 1.82) is 0 Å². The van der Waals surface area contributed by atoms with Gasteiger partial charge in [-0.1, -0.05) is 163 Å². The summed E-state index contributed by atoms with van der Waals surface area (Å²) in [5, 5.41) is 0. The molecule has 0 saturated heterocycles. The van der Waals surface area contributed by atoms with Crippen LogP contribution in [0.2, 0.25) is 0 Å². The van der Waals surface area contributed by atoms with E-state index in [9.17, 15) is 0 Å². The van der Waals surface area contributed by atoms with Gasteiger partial charge in [-0.15, -0.1) is 0 Å². The van der Waals surface area contributed by atoms with Gasteiger partial charge in [-0.2, -0.15) is 0 Å². The van der Waals surface area contributed by atoms with Crippen molar-refractivity contribution in [2.24, 2.45) is 10.8 Å². The number of anilines is 8. The zero-order valence-electron chi connectivity index (χ0n) is 41.7. The number of para-hydroxylation sites is 1. The Morgan fingerprint density at radius 2 is 0.929 bits per heavy atom. The monoisotopic (exact) mass is 908 g/mol. The van der Waals surface area contributed by atoms with Gasteiger partial charge < -0.3 is 14.7 Å². The first kappa shape index (κ1) is 42.1. The van der Waals surface area contributed by atoms with Gasteiger partial charge in [0.2, 0.25) is 0 Å². The van der Waals surface area contributed by atoms with E-state index >= 15 is 0 Å². The Labute approximate surface area is 415 Å². The zero-order valence-corrected chi connectivity index (χ0v) is 41.7. The van der Waals surface area contributed by atoms with Crippen molar-refractivity contribution in [2.45, 2.75) is 104 Å². The fourth-order valence-corrected chi connectivity index (χ4v) is 14.8. The number of nitrogens with zero attached hydrogens (tertiary/aromatic N) is 3. The Bertz CT molecular complexity index is 3440. The highest BCUT2D eigenvalue weighted by molar-refractivity contribution is 7.00. The lowest BCUT2D eigenvalue weighted by molar-refractivity contribution is 0.195. The van der Waals surface area contributed by atoms with E-state index in [2.05, 4.69) is 226 Å². The molecule has 0 spiro atoms. The number of hydrogen-bond acceptors (Lipinski definition) is 3. The lowest BCUT2D eigenvalue weighted by Crippen LogP contribution is -2.61. The summed E-state index contributed by atoms with van der Waals surface area (Å²) in [6.45, 7) is 15.0. The number of fused-ring (bicyclic) bond motifs is 9. The molecule has 1 saturated carbocycles. The second-order valence-electron chi connectivity index (χ2n) is 23.9. The van der Waals surface area contributed by atoms with Gasteiger partial charge >= 0.3 is 0 Å². The Morgan fingerprint density at radius 1 is 0.386 bits per heavy atom. The van der Waals surface area contributed by atoms with Crippen molar-refractivity contribution in [3.63, 3.8) is 0 Å². The summed E-state index contributed by atoms with van der Waals surface area (Å²) in [7, 11) is 0. The molecule has 14 rings (SSSR count). The van der Waals surface area contributed by atoms with Crippen molar-refractivity contribution in [3.05, 3.63) is 198 Å². The largest absolute Gasteiger partial charge is 0.334 e. The number of rotatable bonds is 5. The van der Waals surface area contributed by atoms with E-state index in [0.717, 1.165) is 32.1 Å². The molecule has 0 amide bonds. The minimum Gasteiger partial charge on any atom is -0.334 e. The minimum atomic E-state index is -0.0996. The predicted octanol–water partition coefficient (Wildman–Crippen LogP) is 15.1. The van der Waals surface area contributed by atoms with Crippen LogP contribution < -0.4 is 31.1 Å². The maximum Gasteiger partial charge on any atom is 0.252 e. The highest BCUT2D eigenvalue weighted by Gasteiger charge is 2.58. The van der Waals surface area contributed by atoms with Crippen LogP contribution in [0.5, 0.6) is 0 Å². The first-order valence-electron chi connectivity index (χ1n) is 26.2. The van der Waals surface area contributed by atoms with Crippen molar-refractivity contribution < 1.29 is 0 Å². The summed E-state index contributed by atoms with van der Waals surface area (Å²) in [6, 6.07) is 66.0. The lowest BCUT2D eigenvalue weighted by Gasteiger charge is -2.51. The molecule has 3 aliphatic carbocycles. The Kier molecular flexibility index (Phi) is 8.95. The molecule has 4 heteroatoms. The molecule has 344 valence electrons. The van der Waals surface area contributed by atoms with Crippen LogP contribution in [0.25, 0.3) is 22.3 Å². The fraction of sp³-hybridized carbons (Fsp3) is 0.273. The van der Waals surface area contributed by atoms with Crippen LogP contribution in [0.4, 0.5) is 45.5 Å². The minimum absolute atomic E-state index is 0.0209. The maximum atomic E-state index is 2.81. The van der Waals surface area contributed by atoms with Gasteiger partial charge in [-0.25, -0.2) is 0 Å². The molecule has 70 heavy (non-hydrogen) atoms. The molecule has 6 aliphatic rings. The van der Waals surface area contributed by atoms with Gasteiger partial charge in [0.15, 0.2) is 0 Å². The average Bonchev–Trinajstić information content (AvgIpc) is 3.93. The van der Waals surface area contributed by atoms with Crippen LogP contribution in [-0.4, -0.2) is 12.3 Å². The van der Waals surface area contributed by atoms with Gasteiger partial charge in [-0.3, -0.25) is 0 Å².